The van der Waals surface area contributed by atoms with E-state index < -0.39 is 10.0 Å². The van der Waals surface area contributed by atoms with Crippen molar-refractivity contribution in [2.75, 3.05) is 24.8 Å². The van der Waals surface area contributed by atoms with E-state index in [0.717, 1.165) is 19.3 Å². The smallest absolute Gasteiger partial charge is 0.215 e. The van der Waals surface area contributed by atoms with Crippen molar-refractivity contribution in [3.05, 3.63) is 0 Å². The molecule has 4 nitrogen and oxygen atoms in total. The molecule has 0 bridgehead atoms. The van der Waals surface area contributed by atoms with E-state index >= 15 is 0 Å². The highest BCUT2D eigenvalue weighted by molar-refractivity contribution is 7.89. The molecule has 15 heavy (non-hydrogen) atoms. The third kappa shape index (κ3) is 2.30. The van der Waals surface area contributed by atoms with E-state index in [4.69, 9.17) is 16.3 Å². The van der Waals surface area contributed by atoms with Crippen LogP contribution in [0.1, 0.15) is 19.3 Å². The topological polar surface area (TPSA) is 46.6 Å². The maximum absolute atomic E-state index is 11.9. The van der Waals surface area contributed by atoms with Crippen LogP contribution in [-0.4, -0.2) is 49.7 Å². The minimum atomic E-state index is -3.17. The Labute approximate surface area is 95.6 Å². The molecule has 0 spiro atoms. The fourth-order valence-corrected chi connectivity index (χ4v) is 4.47. The normalized spacial score (nSPS) is 32.9. The second-order valence-corrected chi connectivity index (χ2v) is 6.44. The lowest BCUT2D eigenvalue weighted by Crippen LogP contribution is -2.51. The minimum Gasteiger partial charge on any atom is -0.375 e. The van der Waals surface area contributed by atoms with Crippen molar-refractivity contribution in [1.82, 2.24) is 4.31 Å². The van der Waals surface area contributed by atoms with E-state index in [1.165, 1.54) is 0 Å². The molecule has 0 aromatic rings. The van der Waals surface area contributed by atoms with Crippen LogP contribution in [0.25, 0.3) is 0 Å². The van der Waals surface area contributed by atoms with E-state index in [9.17, 15) is 8.42 Å². The number of alkyl halides is 1. The van der Waals surface area contributed by atoms with Gasteiger partial charge in [-0.3, -0.25) is 0 Å². The van der Waals surface area contributed by atoms with Crippen LogP contribution >= 0.6 is 11.6 Å². The fraction of sp³-hybridized carbons (Fsp3) is 1.00. The van der Waals surface area contributed by atoms with Crippen LogP contribution in [0.2, 0.25) is 0 Å². The van der Waals surface area contributed by atoms with Gasteiger partial charge in [-0.1, -0.05) is 0 Å². The Balaban J connectivity index is 2.14. The summed E-state index contributed by atoms with van der Waals surface area (Å²) in [4.78, 5) is 0. The van der Waals surface area contributed by atoms with Gasteiger partial charge in [-0.25, -0.2) is 8.42 Å². The van der Waals surface area contributed by atoms with Crippen molar-refractivity contribution < 1.29 is 13.2 Å². The summed E-state index contributed by atoms with van der Waals surface area (Å²) in [6.45, 7) is 1.00. The predicted molar refractivity (Wildman–Crippen MR) is 58.6 cm³/mol. The standard InChI is InChI=1S/C9H16ClNO3S/c10-4-7-15(12,13)11-5-6-14-9-3-1-2-8(9)11/h8-9H,1-7H2. The molecule has 0 N–H and O–H groups in total. The number of fused-ring (bicyclic) bond motifs is 1. The van der Waals surface area contributed by atoms with Crippen LogP contribution in [0, 0.1) is 0 Å². The lowest BCUT2D eigenvalue weighted by atomic mass is 10.2. The largest absolute Gasteiger partial charge is 0.375 e. The highest BCUT2D eigenvalue weighted by atomic mass is 35.5. The molecule has 1 saturated heterocycles. The first-order chi connectivity index (χ1) is 7.15. The molecule has 0 amide bonds. The molecule has 0 aromatic carbocycles. The van der Waals surface area contributed by atoms with Gasteiger partial charge in [-0.05, 0) is 19.3 Å². The van der Waals surface area contributed by atoms with E-state index in [2.05, 4.69) is 0 Å². The van der Waals surface area contributed by atoms with Gasteiger partial charge in [0, 0.05) is 12.4 Å². The van der Waals surface area contributed by atoms with Crippen molar-refractivity contribution in [2.45, 2.75) is 31.4 Å². The zero-order chi connectivity index (χ0) is 10.9. The van der Waals surface area contributed by atoms with Crippen LogP contribution in [0.15, 0.2) is 0 Å². The number of rotatable bonds is 3. The molecule has 1 heterocycles. The summed E-state index contributed by atoms with van der Waals surface area (Å²) in [6.07, 6.45) is 3.08. The van der Waals surface area contributed by atoms with Crippen molar-refractivity contribution in [2.24, 2.45) is 0 Å². The molecule has 1 saturated carbocycles. The molecule has 6 heteroatoms. The number of hydrogen-bond acceptors (Lipinski definition) is 3. The molecule has 88 valence electrons. The monoisotopic (exact) mass is 253 g/mol. The third-order valence-corrected chi connectivity index (χ3v) is 5.42. The summed E-state index contributed by atoms with van der Waals surface area (Å²) < 4.78 is 31.0. The van der Waals surface area contributed by atoms with Gasteiger partial charge in [-0.2, -0.15) is 4.31 Å². The van der Waals surface area contributed by atoms with E-state index in [-0.39, 0.29) is 23.8 Å². The van der Waals surface area contributed by atoms with Gasteiger partial charge in [0.05, 0.1) is 24.5 Å². The van der Waals surface area contributed by atoms with Crippen LogP contribution in [0.5, 0.6) is 0 Å². The second-order valence-electron chi connectivity index (χ2n) is 4.02. The number of halogens is 1. The molecule has 2 rings (SSSR count). The Hall–Kier alpha value is 0.160. The zero-order valence-electron chi connectivity index (χ0n) is 8.56. The number of hydrogen-bond donors (Lipinski definition) is 0. The molecular weight excluding hydrogens is 238 g/mol. The van der Waals surface area contributed by atoms with Crippen LogP contribution in [0.4, 0.5) is 0 Å². The molecule has 2 fully saturated rings. The Morgan fingerprint density at radius 1 is 1.40 bits per heavy atom. The maximum atomic E-state index is 11.9. The first-order valence-electron chi connectivity index (χ1n) is 5.32. The lowest BCUT2D eigenvalue weighted by molar-refractivity contribution is -0.0241. The Bertz CT molecular complexity index is 319. The highest BCUT2D eigenvalue weighted by Crippen LogP contribution is 2.31. The van der Waals surface area contributed by atoms with E-state index in [0.29, 0.717) is 13.2 Å². The van der Waals surface area contributed by atoms with Gasteiger partial charge >= 0.3 is 0 Å². The molecule has 2 unspecified atom stereocenters. The van der Waals surface area contributed by atoms with Crippen molar-refractivity contribution in [3.8, 4) is 0 Å². The number of ether oxygens (including phenoxy) is 1. The highest BCUT2D eigenvalue weighted by Gasteiger charge is 2.41. The lowest BCUT2D eigenvalue weighted by Gasteiger charge is -2.36. The van der Waals surface area contributed by atoms with Crippen LogP contribution in [0.3, 0.4) is 0 Å². The molecule has 0 radical (unpaired) electrons. The van der Waals surface area contributed by atoms with Crippen molar-refractivity contribution >= 4 is 21.6 Å². The Morgan fingerprint density at radius 3 is 2.93 bits per heavy atom. The first kappa shape index (κ1) is 11.6. The number of morpholine rings is 1. The SMILES string of the molecule is O=S(=O)(CCCl)N1CCOC2CCCC21. The number of nitrogens with zero attached hydrogens (tertiary/aromatic N) is 1. The minimum absolute atomic E-state index is 0.0395. The van der Waals surface area contributed by atoms with Gasteiger partial charge < -0.3 is 4.74 Å². The van der Waals surface area contributed by atoms with Gasteiger partial charge in [0.1, 0.15) is 0 Å². The molecule has 2 atom stereocenters. The Morgan fingerprint density at radius 2 is 2.20 bits per heavy atom. The molecule has 1 aliphatic carbocycles. The van der Waals surface area contributed by atoms with E-state index in [1.54, 1.807) is 4.31 Å². The van der Waals surface area contributed by atoms with Crippen LogP contribution < -0.4 is 0 Å². The maximum Gasteiger partial charge on any atom is 0.215 e. The molecule has 2 aliphatic rings. The second kappa shape index (κ2) is 4.57. The molecular formula is C9H16ClNO3S. The predicted octanol–water partition coefficient (Wildman–Crippen LogP) is 0.808. The number of sulfonamides is 1. The summed E-state index contributed by atoms with van der Waals surface area (Å²) in [5.41, 5.74) is 0. The van der Waals surface area contributed by atoms with Gasteiger partial charge in [-0.15, -0.1) is 11.6 Å². The quantitative estimate of drug-likeness (QED) is 0.700. The van der Waals surface area contributed by atoms with Gasteiger partial charge in [0.2, 0.25) is 10.0 Å². The summed E-state index contributed by atoms with van der Waals surface area (Å²) >= 11 is 5.51. The molecule has 1 aliphatic heterocycles. The Kier molecular flexibility index (Phi) is 3.55. The average molecular weight is 254 g/mol. The third-order valence-electron chi connectivity index (χ3n) is 3.12. The average Bonchev–Trinajstić information content (AvgIpc) is 2.64. The van der Waals surface area contributed by atoms with Gasteiger partial charge in [0.15, 0.2) is 0 Å². The fourth-order valence-electron chi connectivity index (χ4n) is 2.45. The first-order valence-corrected chi connectivity index (χ1v) is 7.46. The summed E-state index contributed by atoms with van der Waals surface area (Å²) in [5.74, 6) is 0.203. The van der Waals surface area contributed by atoms with Crippen molar-refractivity contribution in [1.29, 1.82) is 0 Å². The molecule has 0 aromatic heterocycles. The summed E-state index contributed by atoms with van der Waals surface area (Å²) in [5, 5.41) is 0. The van der Waals surface area contributed by atoms with E-state index in [1.807, 2.05) is 0 Å². The summed E-state index contributed by atoms with van der Waals surface area (Å²) in [7, 11) is -3.17. The van der Waals surface area contributed by atoms with Crippen LogP contribution in [-0.2, 0) is 14.8 Å². The van der Waals surface area contributed by atoms with Crippen molar-refractivity contribution in [3.63, 3.8) is 0 Å². The summed E-state index contributed by atoms with van der Waals surface area (Å²) in [6, 6.07) is 0.0620. The zero-order valence-corrected chi connectivity index (χ0v) is 10.1. The van der Waals surface area contributed by atoms with Gasteiger partial charge in [0.25, 0.3) is 0 Å².